The number of hydrogen-bond acceptors (Lipinski definition) is 3. The van der Waals surface area contributed by atoms with Gasteiger partial charge in [-0.25, -0.2) is 0 Å². The third-order valence-electron chi connectivity index (χ3n) is 3.88. The van der Waals surface area contributed by atoms with Gasteiger partial charge in [-0.05, 0) is 42.6 Å². The third kappa shape index (κ3) is 5.33. The van der Waals surface area contributed by atoms with Crippen molar-refractivity contribution in [3.63, 3.8) is 0 Å². The Bertz CT molecular complexity index is 236. The highest BCUT2D eigenvalue weighted by molar-refractivity contribution is 7.99. The fourth-order valence-electron chi connectivity index (χ4n) is 1.39. The van der Waals surface area contributed by atoms with E-state index in [-0.39, 0.29) is 11.1 Å². The molecule has 0 radical (unpaired) electrons. The van der Waals surface area contributed by atoms with Crippen LogP contribution in [0.15, 0.2) is 0 Å². The number of thioether (sulfide) groups is 1. The van der Waals surface area contributed by atoms with Gasteiger partial charge in [0.15, 0.2) is 8.32 Å². The van der Waals surface area contributed by atoms with Crippen molar-refractivity contribution in [3.8, 4) is 0 Å². The van der Waals surface area contributed by atoms with Crippen LogP contribution in [-0.2, 0) is 4.43 Å². The van der Waals surface area contributed by atoms with Crippen molar-refractivity contribution in [1.29, 1.82) is 0 Å². The van der Waals surface area contributed by atoms with E-state index in [1.165, 1.54) is 18.6 Å². The maximum Gasteiger partial charge on any atom is 0.192 e. The zero-order chi connectivity index (χ0) is 13.1. The van der Waals surface area contributed by atoms with Crippen LogP contribution < -0.4 is 5.73 Å². The largest absolute Gasteiger partial charge is 0.412 e. The van der Waals surface area contributed by atoms with Crippen molar-refractivity contribution < 1.29 is 4.43 Å². The van der Waals surface area contributed by atoms with E-state index in [0.717, 1.165) is 11.7 Å². The summed E-state index contributed by atoms with van der Waals surface area (Å²) in [7, 11) is -1.64. The standard InChI is InChI=1S/C13H29NOSSi/c1-13(2,3)17(4,5)15-12(8-14)10-16-9-11-6-7-11/h11-12H,6-10,14H2,1-5H3/t12-/m1/s1. The lowest BCUT2D eigenvalue weighted by Gasteiger charge is -2.39. The van der Waals surface area contributed by atoms with E-state index in [4.69, 9.17) is 10.2 Å². The summed E-state index contributed by atoms with van der Waals surface area (Å²) in [6.07, 6.45) is 3.12. The Kier molecular flexibility index (Phi) is 5.57. The third-order valence-corrected chi connectivity index (χ3v) is 9.73. The first kappa shape index (κ1) is 15.5. The predicted octanol–water partition coefficient (Wildman–Crippen LogP) is 3.48. The molecule has 17 heavy (non-hydrogen) atoms. The molecular weight excluding hydrogens is 246 g/mol. The Hall–Kier alpha value is 0.487. The first-order valence-corrected chi connectivity index (χ1v) is 10.8. The SMILES string of the molecule is CC(C)(C)[Si](C)(C)O[C@H](CN)CSCC1CC1. The summed E-state index contributed by atoms with van der Waals surface area (Å²) in [5.41, 5.74) is 5.84. The summed E-state index contributed by atoms with van der Waals surface area (Å²) in [6.45, 7) is 12.1. The van der Waals surface area contributed by atoms with Gasteiger partial charge < -0.3 is 10.2 Å². The molecule has 1 aliphatic rings. The van der Waals surface area contributed by atoms with Crippen LogP contribution in [0.3, 0.4) is 0 Å². The monoisotopic (exact) mass is 275 g/mol. The van der Waals surface area contributed by atoms with Gasteiger partial charge in [0.1, 0.15) is 0 Å². The van der Waals surface area contributed by atoms with E-state index in [9.17, 15) is 0 Å². The summed E-state index contributed by atoms with van der Waals surface area (Å²) < 4.78 is 6.35. The van der Waals surface area contributed by atoms with Crippen molar-refractivity contribution in [1.82, 2.24) is 0 Å². The molecule has 1 aliphatic carbocycles. The molecule has 1 atom stereocenters. The molecule has 1 fully saturated rings. The topological polar surface area (TPSA) is 35.2 Å². The van der Waals surface area contributed by atoms with Crippen LogP contribution >= 0.6 is 11.8 Å². The number of hydrogen-bond donors (Lipinski definition) is 1. The highest BCUT2D eigenvalue weighted by atomic mass is 32.2. The molecule has 1 saturated carbocycles. The molecule has 0 spiro atoms. The Morgan fingerprint density at radius 1 is 1.35 bits per heavy atom. The number of rotatable bonds is 7. The van der Waals surface area contributed by atoms with Crippen LogP contribution in [0.2, 0.25) is 18.1 Å². The Morgan fingerprint density at radius 2 is 1.94 bits per heavy atom. The molecule has 0 unspecified atom stereocenters. The van der Waals surface area contributed by atoms with Gasteiger partial charge in [0.2, 0.25) is 0 Å². The van der Waals surface area contributed by atoms with Crippen LogP contribution in [0.5, 0.6) is 0 Å². The molecule has 102 valence electrons. The molecule has 0 aliphatic heterocycles. The number of nitrogens with two attached hydrogens (primary N) is 1. The van der Waals surface area contributed by atoms with Gasteiger partial charge in [-0.15, -0.1) is 0 Å². The fraction of sp³-hybridized carbons (Fsp3) is 1.00. The van der Waals surface area contributed by atoms with Crippen LogP contribution in [0, 0.1) is 5.92 Å². The lowest BCUT2D eigenvalue weighted by Crippen LogP contribution is -2.46. The zero-order valence-corrected chi connectivity index (χ0v) is 13.9. The van der Waals surface area contributed by atoms with Gasteiger partial charge in [0, 0.05) is 12.3 Å². The van der Waals surface area contributed by atoms with E-state index in [2.05, 4.69) is 33.9 Å². The highest BCUT2D eigenvalue weighted by Crippen LogP contribution is 2.38. The Morgan fingerprint density at radius 3 is 2.35 bits per heavy atom. The predicted molar refractivity (Wildman–Crippen MR) is 81.2 cm³/mol. The molecule has 4 heteroatoms. The van der Waals surface area contributed by atoms with Gasteiger partial charge in [-0.1, -0.05) is 20.8 Å². The van der Waals surface area contributed by atoms with Crippen molar-refractivity contribution in [2.24, 2.45) is 11.7 Å². The normalized spacial score (nSPS) is 19.4. The minimum atomic E-state index is -1.64. The highest BCUT2D eigenvalue weighted by Gasteiger charge is 2.38. The van der Waals surface area contributed by atoms with Gasteiger partial charge in [0.05, 0.1) is 6.10 Å². The smallest absolute Gasteiger partial charge is 0.192 e. The molecule has 1 rings (SSSR count). The second kappa shape index (κ2) is 6.09. The molecule has 0 amide bonds. The molecule has 0 heterocycles. The molecule has 2 nitrogen and oxygen atoms in total. The van der Waals surface area contributed by atoms with Crippen molar-refractivity contribution >= 4 is 20.1 Å². The van der Waals surface area contributed by atoms with Crippen LogP contribution in [0.25, 0.3) is 0 Å². The minimum Gasteiger partial charge on any atom is -0.412 e. The van der Waals surface area contributed by atoms with E-state index in [1.54, 1.807) is 0 Å². The van der Waals surface area contributed by atoms with Gasteiger partial charge in [0.25, 0.3) is 0 Å². The van der Waals surface area contributed by atoms with Gasteiger partial charge >= 0.3 is 0 Å². The van der Waals surface area contributed by atoms with Crippen LogP contribution in [0.1, 0.15) is 33.6 Å². The summed E-state index contributed by atoms with van der Waals surface area (Å²) in [5, 5.41) is 0.279. The fourth-order valence-corrected chi connectivity index (χ4v) is 4.15. The lowest BCUT2D eigenvalue weighted by atomic mass is 10.2. The summed E-state index contributed by atoms with van der Waals surface area (Å²) in [5.74, 6) is 3.36. The molecule has 0 aromatic heterocycles. The second-order valence-electron chi connectivity index (χ2n) is 6.72. The van der Waals surface area contributed by atoms with Gasteiger partial charge in [-0.3, -0.25) is 0 Å². The molecule has 0 aromatic rings. The van der Waals surface area contributed by atoms with E-state index < -0.39 is 8.32 Å². The Balaban J connectivity index is 2.33. The van der Waals surface area contributed by atoms with Crippen LogP contribution in [0.4, 0.5) is 0 Å². The van der Waals surface area contributed by atoms with E-state index >= 15 is 0 Å². The molecule has 0 saturated heterocycles. The molecule has 0 aromatic carbocycles. The van der Waals surface area contributed by atoms with E-state index in [1.807, 2.05) is 11.8 Å². The van der Waals surface area contributed by atoms with Crippen molar-refractivity contribution in [3.05, 3.63) is 0 Å². The summed E-state index contributed by atoms with van der Waals surface area (Å²) >= 11 is 2.03. The van der Waals surface area contributed by atoms with Crippen molar-refractivity contribution in [2.75, 3.05) is 18.1 Å². The Labute approximate surface area is 112 Å². The average molecular weight is 276 g/mol. The first-order chi connectivity index (χ1) is 7.76. The average Bonchev–Trinajstić information content (AvgIpc) is 2.98. The quantitative estimate of drug-likeness (QED) is 0.723. The molecular formula is C13H29NOSSi. The summed E-state index contributed by atoms with van der Waals surface area (Å²) in [4.78, 5) is 0. The van der Waals surface area contributed by atoms with Crippen molar-refractivity contribution in [2.45, 2.75) is 57.8 Å². The molecule has 2 N–H and O–H groups in total. The second-order valence-corrected chi connectivity index (χ2v) is 12.5. The van der Waals surface area contributed by atoms with E-state index in [0.29, 0.717) is 6.54 Å². The zero-order valence-electron chi connectivity index (χ0n) is 12.1. The first-order valence-electron chi connectivity index (χ1n) is 6.72. The lowest BCUT2D eigenvalue weighted by molar-refractivity contribution is 0.211. The minimum absolute atomic E-state index is 0.250. The summed E-state index contributed by atoms with van der Waals surface area (Å²) in [6, 6.07) is 0. The van der Waals surface area contributed by atoms with Crippen LogP contribution in [-0.4, -0.2) is 32.5 Å². The molecule has 0 bridgehead atoms. The maximum absolute atomic E-state index is 6.35. The maximum atomic E-state index is 6.35. The van der Waals surface area contributed by atoms with Gasteiger partial charge in [-0.2, -0.15) is 11.8 Å².